The molecule has 0 aliphatic carbocycles. The number of imidazole rings is 1. The van der Waals surface area contributed by atoms with Crippen LogP contribution in [0, 0.1) is 0 Å². The molecule has 2 aromatic heterocycles. The summed E-state index contributed by atoms with van der Waals surface area (Å²) in [5.41, 5.74) is 2.10. The van der Waals surface area contributed by atoms with Crippen molar-refractivity contribution in [3.63, 3.8) is 0 Å². The second kappa shape index (κ2) is 3.40. The predicted molar refractivity (Wildman–Crippen MR) is 56.5 cm³/mol. The highest BCUT2D eigenvalue weighted by Crippen LogP contribution is 2.19. The highest BCUT2D eigenvalue weighted by molar-refractivity contribution is 5.46. The summed E-state index contributed by atoms with van der Waals surface area (Å²) in [5, 5.41) is 0. The van der Waals surface area contributed by atoms with Crippen LogP contribution in [-0.4, -0.2) is 14.4 Å². The number of rotatable bonds is 2. The van der Waals surface area contributed by atoms with E-state index < -0.39 is 0 Å². The molecule has 0 amide bonds. The number of aryl methyl sites for hydroxylation is 1. The quantitative estimate of drug-likeness (QED) is 0.726. The Bertz CT molecular complexity index is 443. The molecule has 0 saturated heterocycles. The topological polar surface area (TPSA) is 30.2 Å². The first-order valence-electron chi connectivity index (χ1n) is 5.06. The molecule has 0 fully saturated rings. The molecule has 3 heteroatoms. The molecule has 2 heterocycles. The zero-order valence-electron chi connectivity index (χ0n) is 8.86. The number of fused-ring (bicyclic) bond motifs is 1. The lowest BCUT2D eigenvalue weighted by atomic mass is 10.1. The Morgan fingerprint density at radius 2 is 2.21 bits per heavy atom. The Kier molecular flexibility index (Phi) is 2.23. The predicted octanol–water partition coefficient (Wildman–Crippen LogP) is 2.42. The van der Waals surface area contributed by atoms with E-state index in [4.69, 9.17) is 0 Å². The molecule has 0 atom stereocenters. The van der Waals surface area contributed by atoms with Gasteiger partial charge in [0.15, 0.2) is 5.65 Å². The van der Waals surface area contributed by atoms with Gasteiger partial charge >= 0.3 is 0 Å². The van der Waals surface area contributed by atoms with Gasteiger partial charge in [-0.3, -0.25) is 4.40 Å². The van der Waals surface area contributed by atoms with Gasteiger partial charge in [0.25, 0.3) is 0 Å². The van der Waals surface area contributed by atoms with Crippen LogP contribution in [0.15, 0.2) is 18.5 Å². The second-order valence-corrected chi connectivity index (χ2v) is 3.73. The monoisotopic (exact) mass is 189 g/mol. The van der Waals surface area contributed by atoms with E-state index in [0.717, 1.165) is 23.6 Å². The van der Waals surface area contributed by atoms with Crippen LogP contribution in [0.4, 0.5) is 0 Å². The fraction of sp³-hybridized carbons (Fsp3) is 0.455. The van der Waals surface area contributed by atoms with Crippen molar-refractivity contribution in [2.75, 3.05) is 0 Å². The molecule has 3 nitrogen and oxygen atoms in total. The first kappa shape index (κ1) is 9.19. The molecule has 2 rings (SSSR count). The Morgan fingerprint density at radius 1 is 1.43 bits per heavy atom. The Balaban J connectivity index is 2.73. The average molecular weight is 189 g/mol. The van der Waals surface area contributed by atoms with Gasteiger partial charge in [-0.15, -0.1) is 0 Å². The van der Waals surface area contributed by atoms with Gasteiger partial charge in [-0.2, -0.15) is 0 Å². The number of hydrogen-bond acceptors (Lipinski definition) is 2. The fourth-order valence-electron chi connectivity index (χ4n) is 1.65. The molecule has 0 aliphatic rings. The van der Waals surface area contributed by atoms with Crippen molar-refractivity contribution in [1.29, 1.82) is 0 Å². The normalized spacial score (nSPS) is 11.4. The molecule has 0 spiro atoms. The van der Waals surface area contributed by atoms with Crippen LogP contribution in [0.5, 0.6) is 0 Å². The Morgan fingerprint density at radius 3 is 2.86 bits per heavy atom. The third kappa shape index (κ3) is 1.29. The van der Waals surface area contributed by atoms with E-state index in [0.29, 0.717) is 5.92 Å². The van der Waals surface area contributed by atoms with E-state index in [-0.39, 0.29) is 0 Å². The van der Waals surface area contributed by atoms with Crippen molar-refractivity contribution in [1.82, 2.24) is 14.4 Å². The summed E-state index contributed by atoms with van der Waals surface area (Å²) < 4.78 is 2.08. The summed E-state index contributed by atoms with van der Waals surface area (Å²) in [6, 6.07) is 1.94. The summed E-state index contributed by atoms with van der Waals surface area (Å²) in [6.07, 6.45) is 4.79. The zero-order chi connectivity index (χ0) is 10.1. The van der Waals surface area contributed by atoms with E-state index in [1.54, 1.807) is 0 Å². The van der Waals surface area contributed by atoms with E-state index in [1.807, 2.05) is 18.5 Å². The van der Waals surface area contributed by atoms with Gasteiger partial charge in [0.05, 0.1) is 5.69 Å². The average Bonchev–Trinajstić information content (AvgIpc) is 2.56. The van der Waals surface area contributed by atoms with Crippen LogP contribution in [-0.2, 0) is 6.42 Å². The third-order valence-electron chi connectivity index (χ3n) is 2.37. The largest absolute Gasteiger partial charge is 0.288 e. The second-order valence-electron chi connectivity index (χ2n) is 3.73. The molecular formula is C11H15N3. The van der Waals surface area contributed by atoms with Gasteiger partial charge in [-0.05, 0) is 12.0 Å². The minimum atomic E-state index is 0.431. The number of nitrogens with zero attached hydrogens (tertiary/aromatic N) is 3. The summed E-state index contributed by atoms with van der Waals surface area (Å²) in [5.74, 6) is 1.52. The van der Waals surface area contributed by atoms with Crippen molar-refractivity contribution in [3.8, 4) is 0 Å². The van der Waals surface area contributed by atoms with Crippen molar-refractivity contribution >= 4 is 5.65 Å². The minimum Gasteiger partial charge on any atom is -0.288 e. The Labute approximate surface area is 83.8 Å². The van der Waals surface area contributed by atoms with E-state index in [1.165, 1.54) is 0 Å². The minimum absolute atomic E-state index is 0.431. The molecule has 0 unspecified atom stereocenters. The van der Waals surface area contributed by atoms with E-state index in [2.05, 4.69) is 35.1 Å². The lowest BCUT2D eigenvalue weighted by Gasteiger charge is -1.99. The van der Waals surface area contributed by atoms with Gasteiger partial charge in [-0.1, -0.05) is 20.8 Å². The maximum Gasteiger partial charge on any atom is 0.160 e. The summed E-state index contributed by atoms with van der Waals surface area (Å²) in [4.78, 5) is 8.98. The Hall–Kier alpha value is -1.38. The smallest absolute Gasteiger partial charge is 0.160 e. The molecule has 2 aromatic rings. The summed E-state index contributed by atoms with van der Waals surface area (Å²) in [6.45, 7) is 6.42. The van der Waals surface area contributed by atoms with Crippen molar-refractivity contribution in [2.24, 2.45) is 0 Å². The highest BCUT2D eigenvalue weighted by atomic mass is 15.1. The van der Waals surface area contributed by atoms with Crippen LogP contribution in [0.3, 0.4) is 0 Å². The number of aromatic nitrogens is 3. The SMILES string of the molecule is CCc1nc(C(C)C)c2ncccn12. The highest BCUT2D eigenvalue weighted by Gasteiger charge is 2.12. The van der Waals surface area contributed by atoms with Gasteiger partial charge in [0, 0.05) is 18.8 Å². The summed E-state index contributed by atoms with van der Waals surface area (Å²) >= 11 is 0. The lowest BCUT2D eigenvalue weighted by Crippen LogP contribution is -1.92. The molecular weight excluding hydrogens is 174 g/mol. The fourth-order valence-corrected chi connectivity index (χ4v) is 1.65. The number of hydrogen-bond donors (Lipinski definition) is 0. The molecule has 14 heavy (non-hydrogen) atoms. The van der Waals surface area contributed by atoms with E-state index >= 15 is 0 Å². The third-order valence-corrected chi connectivity index (χ3v) is 2.37. The van der Waals surface area contributed by atoms with Crippen LogP contribution in [0.25, 0.3) is 5.65 Å². The van der Waals surface area contributed by atoms with Crippen LogP contribution < -0.4 is 0 Å². The van der Waals surface area contributed by atoms with E-state index in [9.17, 15) is 0 Å². The maximum absolute atomic E-state index is 4.61. The molecule has 74 valence electrons. The molecule has 0 aromatic carbocycles. The van der Waals surface area contributed by atoms with Gasteiger partial charge < -0.3 is 0 Å². The van der Waals surface area contributed by atoms with Crippen molar-refractivity contribution < 1.29 is 0 Å². The molecule has 0 aliphatic heterocycles. The van der Waals surface area contributed by atoms with Gasteiger partial charge in [0.1, 0.15) is 5.82 Å². The van der Waals surface area contributed by atoms with Crippen molar-refractivity contribution in [3.05, 3.63) is 30.0 Å². The zero-order valence-corrected chi connectivity index (χ0v) is 8.86. The molecule has 0 N–H and O–H groups in total. The van der Waals surface area contributed by atoms with Crippen LogP contribution in [0.2, 0.25) is 0 Å². The van der Waals surface area contributed by atoms with Crippen LogP contribution in [0.1, 0.15) is 38.2 Å². The lowest BCUT2D eigenvalue weighted by molar-refractivity contribution is 0.825. The van der Waals surface area contributed by atoms with Gasteiger partial charge in [-0.25, -0.2) is 9.97 Å². The first-order chi connectivity index (χ1) is 6.74. The van der Waals surface area contributed by atoms with Gasteiger partial charge in [0.2, 0.25) is 0 Å². The molecule has 0 radical (unpaired) electrons. The standard InChI is InChI=1S/C11H15N3/c1-4-9-13-10(8(2)3)11-12-6-5-7-14(9)11/h5-8H,4H2,1-3H3. The first-order valence-corrected chi connectivity index (χ1v) is 5.06. The van der Waals surface area contributed by atoms with Crippen molar-refractivity contribution in [2.45, 2.75) is 33.1 Å². The van der Waals surface area contributed by atoms with Crippen LogP contribution >= 0.6 is 0 Å². The maximum atomic E-state index is 4.61. The molecule has 0 bridgehead atoms. The molecule has 0 saturated carbocycles. The summed E-state index contributed by atoms with van der Waals surface area (Å²) in [7, 11) is 0.